The minimum absolute atomic E-state index is 0.203. The predicted molar refractivity (Wildman–Crippen MR) is 88.0 cm³/mol. The van der Waals surface area contributed by atoms with E-state index in [0.717, 1.165) is 12.1 Å². The number of alkyl halides is 1. The van der Waals surface area contributed by atoms with Crippen molar-refractivity contribution in [1.82, 2.24) is 0 Å². The smallest absolute Gasteiger partial charge is 0.227 e. The molecule has 3 rings (SSSR count). The molecule has 1 aromatic heterocycles. The third kappa shape index (κ3) is 2.42. The zero-order valence-electron chi connectivity index (χ0n) is 11.5. The number of carbonyl (C=O) groups is 1. The Labute approximate surface area is 131 Å². The Morgan fingerprint density at radius 3 is 2.75 bits per heavy atom. The molecule has 20 heavy (non-hydrogen) atoms. The molecule has 0 radical (unpaired) electrons. The van der Waals surface area contributed by atoms with Gasteiger partial charge in [0.25, 0.3) is 0 Å². The fourth-order valence-electron chi connectivity index (χ4n) is 2.59. The van der Waals surface area contributed by atoms with Gasteiger partial charge in [-0.15, -0.1) is 11.3 Å². The maximum Gasteiger partial charge on any atom is 0.227 e. The monoisotopic (exact) mass is 349 g/mol. The summed E-state index contributed by atoms with van der Waals surface area (Å²) in [6, 6.07) is 10.7. The first-order valence-corrected chi connectivity index (χ1v) is 8.39. The van der Waals surface area contributed by atoms with Crippen molar-refractivity contribution in [3.8, 4) is 0 Å². The van der Waals surface area contributed by atoms with Crippen LogP contribution in [-0.2, 0) is 11.2 Å². The van der Waals surface area contributed by atoms with Crippen LogP contribution in [0, 0.1) is 6.92 Å². The van der Waals surface area contributed by atoms with Gasteiger partial charge in [0, 0.05) is 28.9 Å². The molecule has 1 aromatic carbocycles. The van der Waals surface area contributed by atoms with Crippen molar-refractivity contribution in [2.45, 2.75) is 24.6 Å². The number of rotatable bonds is 2. The van der Waals surface area contributed by atoms with E-state index < -0.39 is 0 Å². The van der Waals surface area contributed by atoms with Crippen molar-refractivity contribution in [3.63, 3.8) is 0 Å². The van der Waals surface area contributed by atoms with Crippen LogP contribution in [0.1, 0.15) is 32.1 Å². The molecule has 0 saturated heterocycles. The Morgan fingerprint density at radius 2 is 2.05 bits per heavy atom. The van der Waals surface area contributed by atoms with Crippen molar-refractivity contribution < 1.29 is 4.79 Å². The number of hydrogen-bond donors (Lipinski definition) is 0. The maximum atomic E-state index is 11.7. The van der Waals surface area contributed by atoms with Crippen LogP contribution < -0.4 is 4.90 Å². The second-order valence-electron chi connectivity index (χ2n) is 5.15. The number of amides is 1. The molecule has 2 nitrogen and oxygen atoms in total. The van der Waals surface area contributed by atoms with Crippen LogP contribution in [0.3, 0.4) is 0 Å². The van der Waals surface area contributed by atoms with Gasteiger partial charge in [-0.25, -0.2) is 0 Å². The molecule has 1 atom stereocenters. The molecule has 2 heterocycles. The summed E-state index contributed by atoms with van der Waals surface area (Å²) in [5.74, 6) is 0.203. The number of thiophene rings is 1. The third-order valence-electron chi connectivity index (χ3n) is 3.75. The molecule has 104 valence electrons. The lowest BCUT2D eigenvalue weighted by Gasteiger charge is -2.26. The lowest BCUT2D eigenvalue weighted by molar-refractivity contribution is -0.118. The normalized spacial score (nSPS) is 16.1. The number of halogens is 1. The minimum Gasteiger partial charge on any atom is -0.315 e. The summed E-state index contributed by atoms with van der Waals surface area (Å²) in [5.41, 5.74) is 3.57. The van der Waals surface area contributed by atoms with E-state index in [1.165, 1.54) is 20.9 Å². The van der Waals surface area contributed by atoms with E-state index in [4.69, 9.17) is 0 Å². The van der Waals surface area contributed by atoms with E-state index in [2.05, 4.69) is 53.2 Å². The third-order valence-corrected chi connectivity index (χ3v) is 6.14. The molecule has 0 bridgehead atoms. The van der Waals surface area contributed by atoms with Gasteiger partial charge in [-0.1, -0.05) is 28.1 Å². The molecule has 2 aromatic rings. The summed E-state index contributed by atoms with van der Waals surface area (Å²) in [7, 11) is 1.86. The number of anilines is 1. The molecule has 1 aliphatic heterocycles. The van der Waals surface area contributed by atoms with Gasteiger partial charge in [-0.3, -0.25) is 4.79 Å². The van der Waals surface area contributed by atoms with E-state index in [1.54, 1.807) is 4.90 Å². The molecular weight excluding hydrogens is 334 g/mol. The number of fused-ring (bicyclic) bond motifs is 1. The summed E-state index contributed by atoms with van der Waals surface area (Å²) < 4.78 is 0. The Kier molecular flexibility index (Phi) is 3.69. The van der Waals surface area contributed by atoms with Crippen LogP contribution in [0.4, 0.5) is 5.69 Å². The Balaban J connectivity index is 1.95. The summed E-state index contributed by atoms with van der Waals surface area (Å²) in [5, 5.41) is 0. The highest BCUT2D eigenvalue weighted by molar-refractivity contribution is 9.09. The van der Waals surface area contributed by atoms with E-state index in [-0.39, 0.29) is 10.7 Å². The van der Waals surface area contributed by atoms with Gasteiger partial charge in [0.2, 0.25) is 5.91 Å². The number of nitrogens with zero attached hydrogens (tertiary/aromatic N) is 1. The first-order valence-electron chi connectivity index (χ1n) is 6.66. The van der Waals surface area contributed by atoms with Crippen LogP contribution in [-0.4, -0.2) is 13.0 Å². The lowest BCUT2D eigenvalue weighted by Crippen LogP contribution is -2.31. The van der Waals surface area contributed by atoms with Crippen molar-refractivity contribution >= 4 is 38.9 Å². The van der Waals surface area contributed by atoms with Crippen molar-refractivity contribution in [3.05, 3.63) is 51.2 Å². The van der Waals surface area contributed by atoms with E-state index in [1.807, 2.05) is 18.4 Å². The van der Waals surface area contributed by atoms with Crippen molar-refractivity contribution in [2.24, 2.45) is 0 Å². The van der Waals surface area contributed by atoms with Crippen LogP contribution in [0.2, 0.25) is 0 Å². The molecule has 0 saturated carbocycles. The highest BCUT2D eigenvalue weighted by Crippen LogP contribution is 2.38. The summed E-state index contributed by atoms with van der Waals surface area (Å²) in [6.45, 7) is 2.13. The average Bonchev–Trinajstić information content (AvgIpc) is 2.88. The molecule has 4 heteroatoms. The Bertz CT molecular complexity index is 664. The zero-order chi connectivity index (χ0) is 14.3. The highest BCUT2D eigenvalue weighted by Gasteiger charge is 2.22. The topological polar surface area (TPSA) is 20.3 Å². The van der Waals surface area contributed by atoms with Gasteiger partial charge in [-0.05, 0) is 42.7 Å². The molecule has 0 fully saturated rings. The molecular formula is C16H16BrNOS. The second-order valence-corrected chi connectivity index (χ2v) is 7.39. The molecule has 1 aliphatic rings. The van der Waals surface area contributed by atoms with E-state index >= 15 is 0 Å². The molecule has 0 spiro atoms. The van der Waals surface area contributed by atoms with Crippen molar-refractivity contribution in [2.75, 3.05) is 11.9 Å². The average molecular weight is 350 g/mol. The molecule has 1 amide bonds. The summed E-state index contributed by atoms with van der Waals surface area (Å²) in [4.78, 5) is 16.4. The number of benzene rings is 1. The summed E-state index contributed by atoms with van der Waals surface area (Å²) >= 11 is 5.61. The zero-order valence-corrected chi connectivity index (χ0v) is 13.9. The summed E-state index contributed by atoms with van der Waals surface area (Å²) in [6.07, 6.45) is 1.45. The Morgan fingerprint density at radius 1 is 1.25 bits per heavy atom. The Hall–Kier alpha value is -1.13. The first kappa shape index (κ1) is 13.8. The van der Waals surface area contributed by atoms with Gasteiger partial charge >= 0.3 is 0 Å². The fourth-order valence-corrected chi connectivity index (χ4v) is 4.19. The number of carbonyl (C=O) groups excluding carboxylic acids is 1. The molecule has 1 unspecified atom stereocenters. The van der Waals surface area contributed by atoms with Crippen molar-refractivity contribution in [1.29, 1.82) is 0 Å². The van der Waals surface area contributed by atoms with Gasteiger partial charge in [-0.2, -0.15) is 0 Å². The quantitative estimate of drug-likeness (QED) is 0.733. The maximum absolute atomic E-state index is 11.7. The van der Waals surface area contributed by atoms with Crippen LogP contribution in [0.25, 0.3) is 0 Å². The molecule has 0 aliphatic carbocycles. The second kappa shape index (κ2) is 5.34. The van der Waals surface area contributed by atoms with Crippen LogP contribution >= 0.6 is 27.3 Å². The number of hydrogen-bond acceptors (Lipinski definition) is 2. The highest BCUT2D eigenvalue weighted by atomic mass is 79.9. The minimum atomic E-state index is 0.203. The first-order chi connectivity index (χ1) is 9.56. The number of aryl methyl sites for hydroxylation is 2. The van der Waals surface area contributed by atoms with Gasteiger partial charge in [0.15, 0.2) is 0 Å². The SMILES string of the molecule is Cc1ccc(C(Br)c2ccc3c(c2)CCC(=O)N3C)s1. The van der Waals surface area contributed by atoms with Crippen LogP contribution in [0.5, 0.6) is 0 Å². The van der Waals surface area contributed by atoms with E-state index in [9.17, 15) is 4.79 Å². The molecule has 0 N–H and O–H groups in total. The largest absolute Gasteiger partial charge is 0.315 e. The van der Waals surface area contributed by atoms with Gasteiger partial charge in [0.05, 0.1) is 4.83 Å². The lowest BCUT2D eigenvalue weighted by atomic mass is 9.98. The van der Waals surface area contributed by atoms with Gasteiger partial charge in [0.1, 0.15) is 0 Å². The van der Waals surface area contributed by atoms with E-state index in [0.29, 0.717) is 6.42 Å². The fraction of sp³-hybridized carbons (Fsp3) is 0.312. The predicted octanol–water partition coefficient (Wildman–Crippen LogP) is 4.45. The van der Waals surface area contributed by atoms with Gasteiger partial charge < -0.3 is 4.90 Å². The van der Waals surface area contributed by atoms with Crippen LogP contribution in [0.15, 0.2) is 30.3 Å². The standard InChI is InChI=1S/C16H16BrNOS/c1-10-3-7-14(20-10)16(17)12-4-6-13-11(9-12)5-8-15(19)18(13)2/h3-4,6-7,9,16H,5,8H2,1-2H3.